The van der Waals surface area contributed by atoms with Crippen molar-refractivity contribution in [2.75, 3.05) is 7.11 Å². The Morgan fingerprint density at radius 1 is 1.18 bits per heavy atom. The minimum Gasteiger partial charge on any atom is -0.481 e. The Hall–Kier alpha value is -1.39. The average Bonchev–Trinajstić information content (AvgIpc) is 2.35. The third-order valence-corrected chi connectivity index (χ3v) is 2.76. The van der Waals surface area contributed by atoms with Crippen molar-refractivity contribution in [1.29, 1.82) is 0 Å². The molecule has 2 aromatic rings. The normalized spacial score (nSPS) is 10.4. The van der Waals surface area contributed by atoms with Crippen LogP contribution in [-0.4, -0.2) is 17.1 Å². The molecule has 0 aliphatic carbocycles. The molecule has 1 aromatic heterocycles. The van der Waals surface area contributed by atoms with E-state index in [9.17, 15) is 4.39 Å². The van der Waals surface area contributed by atoms with Crippen LogP contribution in [-0.2, 0) is 0 Å². The van der Waals surface area contributed by atoms with Gasteiger partial charge in [0.25, 0.3) is 0 Å². The van der Waals surface area contributed by atoms with Crippen molar-refractivity contribution in [3.8, 4) is 17.1 Å². The standard InChI is InChI=1S/C11H7Cl2FN2O/c1-17-9-4-8(15-5-16-9)10-6(12)2-3-7(13)11(10)14/h2-5H,1H3. The largest absolute Gasteiger partial charge is 0.481 e. The summed E-state index contributed by atoms with van der Waals surface area (Å²) in [6, 6.07) is 4.39. The van der Waals surface area contributed by atoms with Gasteiger partial charge in [-0.15, -0.1) is 0 Å². The topological polar surface area (TPSA) is 35.0 Å². The highest BCUT2D eigenvalue weighted by Crippen LogP contribution is 2.33. The van der Waals surface area contributed by atoms with Gasteiger partial charge in [-0.05, 0) is 12.1 Å². The van der Waals surface area contributed by atoms with Gasteiger partial charge in [0.1, 0.15) is 6.33 Å². The van der Waals surface area contributed by atoms with Crippen LogP contribution in [0.5, 0.6) is 5.88 Å². The lowest BCUT2D eigenvalue weighted by Crippen LogP contribution is -1.94. The summed E-state index contributed by atoms with van der Waals surface area (Å²) in [7, 11) is 1.46. The molecule has 0 aliphatic rings. The van der Waals surface area contributed by atoms with Gasteiger partial charge >= 0.3 is 0 Å². The SMILES string of the molecule is COc1cc(-c2c(Cl)ccc(Cl)c2F)ncn1. The fourth-order valence-corrected chi connectivity index (χ4v) is 1.75. The molecular formula is C11H7Cl2FN2O. The molecule has 0 spiro atoms. The second kappa shape index (κ2) is 4.85. The fourth-order valence-electron chi connectivity index (χ4n) is 1.35. The third-order valence-electron chi connectivity index (χ3n) is 2.15. The van der Waals surface area contributed by atoms with E-state index < -0.39 is 5.82 Å². The number of aromatic nitrogens is 2. The van der Waals surface area contributed by atoms with Gasteiger partial charge in [0.15, 0.2) is 5.82 Å². The summed E-state index contributed by atoms with van der Waals surface area (Å²) in [5.41, 5.74) is 0.460. The molecular weight excluding hydrogens is 266 g/mol. The van der Waals surface area contributed by atoms with Crippen LogP contribution in [0, 0.1) is 5.82 Å². The first-order valence-corrected chi connectivity index (χ1v) is 5.39. The van der Waals surface area contributed by atoms with E-state index in [2.05, 4.69) is 9.97 Å². The van der Waals surface area contributed by atoms with Crippen molar-refractivity contribution in [2.24, 2.45) is 0 Å². The number of hydrogen-bond acceptors (Lipinski definition) is 3. The average molecular weight is 273 g/mol. The van der Waals surface area contributed by atoms with E-state index in [1.165, 1.54) is 31.6 Å². The lowest BCUT2D eigenvalue weighted by molar-refractivity contribution is 0.397. The fraction of sp³-hybridized carbons (Fsp3) is 0.0909. The molecule has 17 heavy (non-hydrogen) atoms. The van der Waals surface area contributed by atoms with Crippen molar-refractivity contribution in [1.82, 2.24) is 9.97 Å². The molecule has 2 rings (SSSR count). The minimum atomic E-state index is -0.611. The first-order chi connectivity index (χ1) is 8.13. The molecule has 0 fully saturated rings. The van der Waals surface area contributed by atoms with Gasteiger partial charge in [0.2, 0.25) is 5.88 Å². The highest BCUT2D eigenvalue weighted by molar-refractivity contribution is 6.35. The Labute approximate surface area is 107 Å². The first-order valence-electron chi connectivity index (χ1n) is 4.63. The van der Waals surface area contributed by atoms with Gasteiger partial charge in [-0.3, -0.25) is 0 Å². The molecule has 0 unspecified atom stereocenters. The number of ether oxygens (including phenoxy) is 1. The first kappa shape index (κ1) is 12.1. The van der Waals surface area contributed by atoms with Crippen molar-refractivity contribution in [3.63, 3.8) is 0 Å². The molecule has 0 saturated carbocycles. The molecule has 0 amide bonds. The second-order valence-electron chi connectivity index (χ2n) is 3.16. The van der Waals surface area contributed by atoms with Crippen molar-refractivity contribution < 1.29 is 9.13 Å². The van der Waals surface area contributed by atoms with Crippen molar-refractivity contribution in [2.45, 2.75) is 0 Å². The molecule has 0 saturated heterocycles. The summed E-state index contributed by atoms with van der Waals surface area (Å²) in [6.45, 7) is 0. The van der Waals surface area contributed by atoms with Crippen molar-refractivity contribution in [3.05, 3.63) is 40.4 Å². The maximum atomic E-state index is 13.9. The van der Waals surface area contributed by atoms with Gasteiger partial charge in [-0.1, -0.05) is 23.2 Å². The van der Waals surface area contributed by atoms with Crippen LogP contribution in [0.2, 0.25) is 10.0 Å². The van der Waals surface area contributed by atoms with Crippen LogP contribution in [0.25, 0.3) is 11.3 Å². The Morgan fingerprint density at radius 2 is 1.88 bits per heavy atom. The van der Waals surface area contributed by atoms with Gasteiger partial charge < -0.3 is 4.74 Å². The zero-order valence-electron chi connectivity index (χ0n) is 8.75. The van der Waals surface area contributed by atoms with E-state index in [-0.39, 0.29) is 15.6 Å². The summed E-state index contributed by atoms with van der Waals surface area (Å²) in [5, 5.41) is 0.217. The molecule has 0 bridgehead atoms. The molecule has 0 atom stereocenters. The lowest BCUT2D eigenvalue weighted by Gasteiger charge is -2.07. The summed E-state index contributed by atoms with van der Waals surface area (Å²) in [5.74, 6) is -0.287. The van der Waals surface area contributed by atoms with Crippen LogP contribution >= 0.6 is 23.2 Å². The van der Waals surface area contributed by atoms with E-state index in [4.69, 9.17) is 27.9 Å². The smallest absolute Gasteiger partial charge is 0.216 e. The molecule has 1 aromatic carbocycles. The third kappa shape index (κ3) is 2.33. The zero-order valence-corrected chi connectivity index (χ0v) is 10.3. The number of nitrogens with zero attached hydrogens (tertiary/aromatic N) is 2. The summed E-state index contributed by atoms with van der Waals surface area (Å²) in [4.78, 5) is 7.78. The predicted molar refractivity (Wildman–Crippen MR) is 64.0 cm³/mol. The maximum Gasteiger partial charge on any atom is 0.216 e. The summed E-state index contributed by atoms with van der Waals surface area (Å²) < 4.78 is 18.8. The number of methoxy groups -OCH3 is 1. The molecule has 88 valence electrons. The number of hydrogen-bond donors (Lipinski definition) is 0. The van der Waals surface area contributed by atoms with E-state index in [0.29, 0.717) is 11.6 Å². The molecule has 0 radical (unpaired) electrons. The van der Waals surface area contributed by atoms with Crippen LogP contribution in [0.4, 0.5) is 4.39 Å². The molecule has 3 nitrogen and oxygen atoms in total. The maximum absolute atomic E-state index is 13.9. The van der Waals surface area contributed by atoms with Gasteiger partial charge in [-0.2, -0.15) is 0 Å². The molecule has 0 N–H and O–H groups in total. The summed E-state index contributed by atoms with van der Waals surface area (Å²) >= 11 is 11.6. The zero-order chi connectivity index (χ0) is 12.4. The lowest BCUT2D eigenvalue weighted by atomic mass is 10.1. The quantitative estimate of drug-likeness (QED) is 0.784. The number of halogens is 3. The minimum absolute atomic E-state index is 0.0121. The monoisotopic (exact) mass is 272 g/mol. The van der Waals surface area contributed by atoms with Gasteiger partial charge in [0.05, 0.1) is 28.4 Å². The molecule has 6 heteroatoms. The van der Waals surface area contributed by atoms with E-state index in [0.717, 1.165) is 0 Å². The highest BCUT2D eigenvalue weighted by Gasteiger charge is 2.15. The Bertz CT molecular complexity index is 563. The van der Waals surface area contributed by atoms with Gasteiger partial charge in [-0.25, -0.2) is 14.4 Å². The Kier molecular flexibility index (Phi) is 3.45. The van der Waals surface area contributed by atoms with Gasteiger partial charge in [0, 0.05) is 6.07 Å². The van der Waals surface area contributed by atoms with Crippen LogP contribution < -0.4 is 4.74 Å². The Balaban J connectivity index is 2.63. The van der Waals surface area contributed by atoms with E-state index in [1.807, 2.05) is 0 Å². The van der Waals surface area contributed by atoms with Crippen LogP contribution in [0.1, 0.15) is 0 Å². The van der Waals surface area contributed by atoms with Crippen molar-refractivity contribution >= 4 is 23.2 Å². The predicted octanol–water partition coefficient (Wildman–Crippen LogP) is 3.60. The Morgan fingerprint density at radius 3 is 2.59 bits per heavy atom. The van der Waals surface area contributed by atoms with E-state index in [1.54, 1.807) is 0 Å². The second-order valence-corrected chi connectivity index (χ2v) is 3.98. The summed E-state index contributed by atoms with van der Waals surface area (Å²) in [6.07, 6.45) is 1.27. The molecule has 0 aliphatic heterocycles. The van der Waals surface area contributed by atoms with Crippen LogP contribution in [0.15, 0.2) is 24.5 Å². The molecule has 1 heterocycles. The number of rotatable bonds is 2. The highest BCUT2D eigenvalue weighted by atomic mass is 35.5. The number of benzene rings is 1. The van der Waals surface area contributed by atoms with E-state index >= 15 is 0 Å². The van der Waals surface area contributed by atoms with Crippen LogP contribution in [0.3, 0.4) is 0 Å².